The fourth-order valence-corrected chi connectivity index (χ4v) is 1.66. The Kier molecular flexibility index (Phi) is 4.68. The Hall–Kier alpha value is -0.680. The van der Waals surface area contributed by atoms with E-state index >= 15 is 0 Å². The van der Waals surface area contributed by atoms with Gasteiger partial charge in [-0.1, -0.05) is 0 Å². The summed E-state index contributed by atoms with van der Waals surface area (Å²) in [5.41, 5.74) is 2.51. The first kappa shape index (κ1) is 13.4. The molecule has 0 bridgehead atoms. The van der Waals surface area contributed by atoms with Crippen LogP contribution in [0.5, 0.6) is 0 Å². The van der Waals surface area contributed by atoms with Gasteiger partial charge in [0.15, 0.2) is 0 Å². The van der Waals surface area contributed by atoms with Crippen LogP contribution in [-0.2, 0) is 9.53 Å². The highest BCUT2D eigenvalue weighted by Gasteiger charge is 2.23. The molecule has 0 spiro atoms. The van der Waals surface area contributed by atoms with E-state index in [1.165, 1.54) is 0 Å². The smallest absolute Gasteiger partial charge is 0.321 e. The molecule has 0 aromatic heterocycles. The van der Waals surface area contributed by atoms with Crippen molar-refractivity contribution in [3.8, 4) is 0 Å². The van der Waals surface area contributed by atoms with E-state index in [4.69, 9.17) is 4.74 Å². The molecule has 0 aromatic rings. The molecule has 1 rings (SSSR count). The van der Waals surface area contributed by atoms with Crippen molar-refractivity contribution in [3.05, 3.63) is 0 Å². The van der Waals surface area contributed by atoms with Crippen molar-refractivity contribution in [3.63, 3.8) is 0 Å². The summed E-state index contributed by atoms with van der Waals surface area (Å²) >= 11 is 0. The van der Waals surface area contributed by atoms with Gasteiger partial charge in [0.2, 0.25) is 0 Å². The number of nitrogens with zero attached hydrogens (tertiary/aromatic N) is 1. The molecule has 1 heterocycles. The second-order valence-electron chi connectivity index (χ2n) is 5.18. The zero-order valence-corrected chi connectivity index (χ0v) is 10.3. The molecule has 0 aliphatic carbocycles. The van der Waals surface area contributed by atoms with Gasteiger partial charge in [-0.05, 0) is 27.2 Å². The highest BCUT2D eigenvalue weighted by atomic mass is 19.1. The number of hydrazine groups is 1. The average molecular weight is 232 g/mol. The third kappa shape index (κ3) is 4.90. The van der Waals surface area contributed by atoms with Crippen molar-refractivity contribution < 1.29 is 13.9 Å². The van der Waals surface area contributed by atoms with Gasteiger partial charge in [-0.2, -0.15) is 0 Å². The van der Waals surface area contributed by atoms with Gasteiger partial charge in [-0.25, -0.2) is 10.4 Å². The lowest BCUT2D eigenvalue weighted by molar-refractivity contribution is -0.154. The Morgan fingerprint density at radius 2 is 2.25 bits per heavy atom. The van der Waals surface area contributed by atoms with Gasteiger partial charge in [0.05, 0.1) is 6.67 Å². The van der Waals surface area contributed by atoms with Gasteiger partial charge in [-0.3, -0.25) is 9.18 Å². The van der Waals surface area contributed by atoms with Gasteiger partial charge >= 0.3 is 5.97 Å². The number of carbonyl (C=O) groups excluding carboxylic acids is 1. The highest BCUT2D eigenvalue weighted by molar-refractivity contribution is 5.71. The first-order valence-electron chi connectivity index (χ1n) is 5.67. The van der Waals surface area contributed by atoms with Crippen LogP contribution in [0.2, 0.25) is 0 Å². The molecule has 1 atom stereocenters. The van der Waals surface area contributed by atoms with Crippen LogP contribution < -0.4 is 5.43 Å². The molecule has 1 aliphatic heterocycles. The van der Waals surface area contributed by atoms with E-state index in [0.717, 1.165) is 13.0 Å². The normalized spacial score (nSPS) is 22.4. The molecule has 5 heteroatoms. The maximum absolute atomic E-state index is 12.3. The number of carbonyl (C=O) groups is 1. The van der Waals surface area contributed by atoms with Crippen LogP contribution >= 0.6 is 0 Å². The minimum atomic E-state index is -0.453. The molecule has 1 fully saturated rings. The highest BCUT2D eigenvalue weighted by Crippen LogP contribution is 2.14. The maximum Gasteiger partial charge on any atom is 0.321 e. The summed E-state index contributed by atoms with van der Waals surface area (Å²) in [7, 11) is 0. The fourth-order valence-electron chi connectivity index (χ4n) is 1.66. The molecule has 0 radical (unpaired) electrons. The van der Waals surface area contributed by atoms with Crippen LogP contribution in [0.25, 0.3) is 0 Å². The zero-order valence-electron chi connectivity index (χ0n) is 10.3. The predicted molar refractivity (Wildman–Crippen MR) is 59.5 cm³/mol. The SMILES string of the molecule is CC(C)(C)OC(=O)CNN1CCC(CF)C1. The molecule has 1 unspecified atom stereocenters. The third-order valence-corrected chi connectivity index (χ3v) is 2.37. The van der Waals surface area contributed by atoms with E-state index in [2.05, 4.69) is 5.43 Å². The molecule has 0 amide bonds. The van der Waals surface area contributed by atoms with Gasteiger partial charge in [0.25, 0.3) is 0 Å². The summed E-state index contributed by atoms with van der Waals surface area (Å²) in [4.78, 5) is 11.4. The molecule has 4 nitrogen and oxygen atoms in total. The number of halogens is 1. The van der Waals surface area contributed by atoms with Gasteiger partial charge in [-0.15, -0.1) is 0 Å². The van der Waals surface area contributed by atoms with E-state index < -0.39 is 5.60 Å². The molecular weight excluding hydrogens is 211 g/mol. The zero-order chi connectivity index (χ0) is 12.2. The first-order chi connectivity index (χ1) is 7.40. The van der Waals surface area contributed by atoms with Crippen molar-refractivity contribution in [2.75, 3.05) is 26.3 Å². The minimum absolute atomic E-state index is 0.103. The largest absolute Gasteiger partial charge is 0.459 e. The van der Waals surface area contributed by atoms with E-state index in [1.807, 2.05) is 25.8 Å². The quantitative estimate of drug-likeness (QED) is 0.738. The molecule has 1 N–H and O–H groups in total. The van der Waals surface area contributed by atoms with Crippen molar-refractivity contribution in [2.45, 2.75) is 32.8 Å². The monoisotopic (exact) mass is 232 g/mol. The van der Waals surface area contributed by atoms with Crippen molar-refractivity contribution in [2.24, 2.45) is 5.92 Å². The fraction of sp³-hybridized carbons (Fsp3) is 0.909. The standard InChI is InChI=1S/C11H21FN2O2/c1-11(2,3)16-10(15)7-13-14-5-4-9(6-12)8-14/h9,13H,4-8H2,1-3H3. The van der Waals surface area contributed by atoms with Crippen LogP contribution in [-0.4, -0.2) is 42.9 Å². The van der Waals surface area contributed by atoms with Gasteiger partial charge in [0.1, 0.15) is 12.1 Å². The Morgan fingerprint density at radius 3 is 2.75 bits per heavy atom. The van der Waals surface area contributed by atoms with Gasteiger partial charge < -0.3 is 4.74 Å². The van der Waals surface area contributed by atoms with Crippen molar-refractivity contribution >= 4 is 5.97 Å². The first-order valence-corrected chi connectivity index (χ1v) is 5.67. The Bertz CT molecular complexity index is 241. The predicted octanol–water partition coefficient (Wildman–Crippen LogP) is 1.12. The van der Waals surface area contributed by atoms with Crippen LogP contribution in [0.15, 0.2) is 0 Å². The number of hydrogen-bond donors (Lipinski definition) is 1. The molecule has 1 aliphatic rings. The summed E-state index contributed by atoms with van der Waals surface area (Å²) in [6.07, 6.45) is 0.845. The Labute approximate surface area is 96.1 Å². The summed E-state index contributed by atoms with van der Waals surface area (Å²) in [6.45, 7) is 6.82. The number of alkyl halides is 1. The van der Waals surface area contributed by atoms with E-state index in [0.29, 0.717) is 6.54 Å². The lowest BCUT2D eigenvalue weighted by Crippen LogP contribution is -2.41. The second-order valence-corrected chi connectivity index (χ2v) is 5.18. The second kappa shape index (κ2) is 5.59. The minimum Gasteiger partial charge on any atom is -0.459 e. The van der Waals surface area contributed by atoms with Crippen molar-refractivity contribution in [1.82, 2.24) is 10.4 Å². The molecule has 94 valence electrons. The topological polar surface area (TPSA) is 41.6 Å². The third-order valence-electron chi connectivity index (χ3n) is 2.37. The summed E-state index contributed by atoms with van der Waals surface area (Å²) in [5, 5.41) is 1.88. The summed E-state index contributed by atoms with van der Waals surface area (Å²) in [5.74, 6) is -0.178. The van der Waals surface area contributed by atoms with Crippen LogP contribution in [0.4, 0.5) is 4.39 Å². The number of esters is 1. The van der Waals surface area contributed by atoms with E-state index in [-0.39, 0.29) is 25.1 Å². The lowest BCUT2D eigenvalue weighted by Gasteiger charge is -2.21. The van der Waals surface area contributed by atoms with E-state index in [1.54, 1.807) is 0 Å². The summed E-state index contributed by atoms with van der Waals surface area (Å²) in [6, 6.07) is 0. The Morgan fingerprint density at radius 1 is 1.56 bits per heavy atom. The maximum atomic E-state index is 12.3. The Balaban J connectivity index is 2.18. The number of nitrogens with one attached hydrogen (secondary N) is 1. The van der Waals surface area contributed by atoms with E-state index in [9.17, 15) is 9.18 Å². The van der Waals surface area contributed by atoms with Crippen LogP contribution in [0.1, 0.15) is 27.2 Å². The van der Waals surface area contributed by atoms with Crippen molar-refractivity contribution in [1.29, 1.82) is 0 Å². The number of ether oxygens (including phenoxy) is 1. The van der Waals surface area contributed by atoms with Crippen LogP contribution in [0, 0.1) is 5.92 Å². The number of rotatable bonds is 4. The molecule has 1 saturated heterocycles. The lowest BCUT2D eigenvalue weighted by atomic mass is 10.1. The molecule has 0 aromatic carbocycles. The molecule has 0 saturated carbocycles. The number of hydrogen-bond acceptors (Lipinski definition) is 4. The summed E-state index contributed by atoms with van der Waals surface area (Å²) < 4.78 is 17.5. The van der Waals surface area contributed by atoms with Crippen LogP contribution in [0.3, 0.4) is 0 Å². The van der Waals surface area contributed by atoms with Gasteiger partial charge in [0, 0.05) is 19.0 Å². The average Bonchev–Trinajstić information content (AvgIpc) is 2.59. The molecular formula is C11H21FN2O2. The molecule has 16 heavy (non-hydrogen) atoms.